The quantitative estimate of drug-likeness (QED) is 0.743. The molecule has 5 nitrogen and oxygen atoms in total. The molecule has 0 spiro atoms. The van der Waals surface area contributed by atoms with Crippen molar-refractivity contribution < 1.29 is 9.90 Å². The molecule has 0 saturated carbocycles. The van der Waals surface area contributed by atoms with Gasteiger partial charge in [0, 0.05) is 18.0 Å². The van der Waals surface area contributed by atoms with E-state index in [1.807, 2.05) is 0 Å². The highest BCUT2D eigenvalue weighted by molar-refractivity contribution is 5.85. The minimum atomic E-state index is -1.02. The number of nitrogens with zero attached hydrogens (tertiary/aromatic N) is 2. The molecule has 2 heterocycles. The highest BCUT2D eigenvalue weighted by Crippen LogP contribution is 2.13. The molecule has 0 aromatic carbocycles. The zero-order valence-corrected chi connectivity index (χ0v) is 7.14. The van der Waals surface area contributed by atoms with Gasteiger partial charge in [-0.3, -0.25) is 4.98 Å². The Morgan fingerprint density at radius 3 is 2.86 bits per heavy atom. The summed E-state index contributed by atoms with van der Waals surface area (Å²) in [6.07, 6.45) is 4.54. The normalized spacial score (nSPS) is 10.0. The summed E-state index contributed by atoms with van der Waals surface area (Å²) in [6, 6.07) is 3.57. The first kappa shape index (κ1) is 8.43. The lowest BCUT2D eigenvalue weighted by Gasteiger charge is -1.93. The van der Waals surface area contributed by atoms with E-state index >= 15 is 0 Å². The lowest BCUT2D eigenvalue weighted by molar-refractivity contribution is 0.0691. The molecule has 0 aliphatic heterocycles. The minimum Gasteiger partial charge on any atom is -0.477 e. The van der Waals surface area contributed by atoms with Gasteiger partial charge in [0.15, 0.2) is 0 Å². The summed E-state index contributed by atoms with van der Waals surface area (Å²) in [5.74, 6) is -0.511. The molecule has 0 atom stereocenters. The standard InChI is InChI=1S/C9H7N3O2/c13-9(14)7-5-11-8(12-7)6-2-1-3-10-4-6/h1-5H,(H,11,12)(H,13,14). The predicted molar refractivity (Wildman–Crippen MR) is 48.8 cm³/mol. The van der Waals surface area contributed by atoms with Gasteiger partial charge in [-0.2, -0.15) is 0 Å². The van der Waals surface area contributed by atoms with Gasteiger partial charge in [0.2, 0.25) is 0 Å². The second-order valence-electron chi connectivity index (χ2n) is 2.69. The number of nitrogens with one attached hydrogen (secondary N) is 1. The maximum atomic E-state index is 10.6. The van der Waals surface area contributed by atoms with Gasteiger partial charge in [-0.25, -0.2) is 9.78 Å². The second kappa shape index (κ2) is 3.29. The monoisotopic (exact) mass is 189 g/mol. The lowest BCUT2D eigenvalue weighted by Crippen LogP contribution is -1.95. The van der Waals surface area contributed by atoms with Gasteiger partial charge in [0.05, 0.1) is 6.20 Å². The van der Waals surface area contributed by atoms with E-state index in [0.29, 0.717) is 5.82 Å². The largest absolute Gasteiger partial charge is 0.477 e. The summed E-state index contributed by atoms with van der Waals surface area (Å²) in [6.45, 7) is 0. The van der Waals surface area contributed by atoms with E-state index in [9.17, 15) is 4.79 Å². The van der Waals surface area contributed by atoms with Crippen LogP contribution in [0.5, 0.6) is 0 Å². The summed E-state index contributed by atoms with van der Waals surface area (Å²) < 4.78 is 0. The predicted octanol–water partition coefficient (Wildman–Crippen LogP) is 1.17. The fourth-order valence-electron chi connectivity index (χ4n) is 1.08. The molecule has 2 rings (SSSR count). The topological polar surface area (TPSA) is 78.9 Å². The Labute approximate surface area is 79.5 Å². The smallest absolute Gasteiger partial charge is 0.353 e. The van der Waals surface area contributed by atoms with Crippen LogP contribution >= 0.6 is 0 Å². The Morgan fingerprint density at radius 1 is 1.43 bits per heavy atom. The van der Waals surface area contributed by atoms with E-state index < -0.39 is 5.97 Å². The highest BCUT2D eigenvalue weighted by atomic mass is 16.4. The van der Waals surface area contributed by atoms with Crippen LogP contribution in [0.4, 0.5) is 0 Å². The Balaban J connectivity index is 2.39. The van der Waals surface area contributed by atoms with Crippen molar-refractivity contribution in [3.8, 4) is 11.4 Å². The number of carbonyl (C=O) groups is 1. The molecule has 70 valence electrons. The van der Waals surface area contributed by atoms with E-state index in [4.69, 9.17) is 5.11 Å². The van der Waals surface area contributed by atoms with E-state index in [1.165, 1.54) is 6.20 Å². The molecule has 0 aliphatic carbocycles. The number of aromatic carboxylic acids is 1. The number of carboxylic acid groups (broad SMARTS) is 1. The molecular formula is C9H7N3O2. The molecule has 2 N–H and O–H groups in total. The number of carboxylic acids is 1. The molecule has 2 aromatic rings. The van der Waals surface area contributed by atoms with Gasteiger partial charge in [-0.1, -0.05) is 0 Å². The van der Waals surface area contributed by atoms with Crippen molar-refractivity contribution in [3.63, 3.8) is 0 Å². The molecule has 2 aromatic heterocycles. The zero-order valence-electron chi connectivity index (χ0n) is 7.14. The van der Waals surface area contributed by atoms with Gasteiger partial charge in [0.1, 0.15) is 11.5 Å². The summed E-state index contributed by atoms with van der Waals surface area (Å²) in [5, 5.41) is 8.66. The second-order valence-corrected chi connectivity index (χ2v) is 2.69. The van der Waals surface area contributed by atoms with Crippen LogP contribution in [0, 0.1) is 0 Å². The van der Waals surface area contributed by atoms with Crippen molar-refractivity contribution in [2.24, 2.45) is 0 Å². The fraction of sp³-hybridized carbons (Fsp3) is 0. The summed E-state index contributed by atoms with van der Waals surface area (Å²) in [5.41, 5.74) is 0.837. The number of aromatic nitrogens is 3. The van der Waals surface area contributed by atoms with E-state index in [1.54, 1.807) is 24.5 Å². The average Bonchev–Trinajstić information content (AvgIpc) is 2.68. The Kier molecular flexibility index (Phi) is 1.98. The van der Waals surface area contributed by atoms with Crippen molar-refractivity contribution in [1.82, 2.24) is 15.0 Å². The van der Waals surface area contributed by atoms with Crippen molar-refractivity contribution in [3.05, 3.63) is 36.4 Å². The van der Waals surface area contributed by atoms with Gasteiger partial charge in [-0.15, -0.1) is 0 Å². The third-order valence-electron chi connectivity index (χ3n) is 1.74. The number of H-pyrrole nitrogens is 1. The number of aromatic amines is 1. The van der Waals surface area contributed by atoms with E-state index in [0.717, 1.165) is 5.56 Å². The van der Waals surface area contributed by atoms with Crippen LogP contribution in [-0.4, -0.2) is 26.0 Å². The molecular weight excluding hydrogens is 182 g/mol. The van der Waals surface area contributed by atoms with E-state index in [2.05, 4.69) is 15.0 Å². The SMILES string of the molecule is O=C(O)c1cnc(-c2cccnc2)[nH]1. The van der Waals surface area contributed by atoms with Crippen LogP contribution in [0.2, 0.25) is 0 Å². The first-order valence-corrected chi connectivity index (χ1v) is 3.96. The lowest BCUT2D eigenvalue weighted by atomic mass is 10.3. The maximum Gasteiger partial charge on any atom is 0.353 e. The minimum absolute atomic E-state index is 0.0730. The van der Waals surface area contributed by atoms with Gasteiger partial charge in [0.25, 0.3) is 0 Å². The Bertz CT molecular complexity index is 450. The van der Waals surface area contributed by atoms with Crippen molar-refractivity contribution in [2.75, 3.05) is 0 Å². The fourth-order valence-corrected chi connectivity index (χ4v) is 1.08. The van der Waals surface area contributed by atoms with Gasteiger partial charge >= 0.3 is 5.97 Å². The molecule has 5 heteroatoms. The van der Waals surface area contributed by atoms with Gasteiger partial charge < -0.3 is 10.1 Å². The van der Waals surface area contributed by atoms with Crippen LogP contribution in [-0.2, 0) is 0 Å². The van der Waals surface area contributed by atoms with Crippen LogP contribution in [0.1, 0.15) is 10.5 Å². The molecule has 0 saturated heterocycles. The third kappa shape index (κ3) is 1.47. The number of pyridine rings is 1. The first-order valence-electron chi connectivity index (χ1n) is 3.96. The summed E-state index contributed by atoms with van der Waals surface area (Å²) >= 11 is 0. The van der Waals surface area contributed by atoms with Crippen LogP contribution in [0.15, 0.2) is 30.7 Å². The van der Waals surface area contributed by atoms with Crippen LogP contribution in [0.25, 0.3) is 11.4 Å². The summed E-state index contributed by atoms with van der Waals surface area (Å²) in [7, 11) is 0. The molecule has 0 fully saturated rings. The first-order chi connectivity index (χ1) is 6.77. The Morgan fingerprint density at radius 2 is 2.29 bits per heavy atom. The number of hydrogen-bond donors (Lipinski definition) is 2. The van der Waals surface area contributed by atoms with Crippen LogP contribution < -0.4 is 0 Å². The molecule has 0 unspecified atom stereocenters. The molecule has 14 heavy (non-hydrogen) atoms. The van der Waals surface area contributed by atoms with Crippen molar-refractivity contribution in [1.29, 1.82) is 0 Å². The third-order valence-corrected chi connectivity index (χ3v) is 1.74. The molecule has 0 radical (unpaired) electrons. The summed E-state index contributed by atoms with van der Waals surface area (Å²) in [4.78, 5) is 21.1. The molecule has 0 bridgehead atoms. The zero-order chi connectivity index (χ0) is 9.97. The van der Waals surface area contributed by atoms with Crippen molar-refractivity contribution >= 4 is 5.97 Å². The molecule has 0 aliphatic rings. The Hall–Kier alpha value is -2.17. The number of imidazole rings is 1. The number of rotatable bonds is 2. The van der Waals surface area contributed by atoms with Crippen LogP contribution in [0.3, 0.4) is 0 Å². The highest BCUT2D eigenvalue weighted by Gasteiger charge is 2.07. The van der Waals surface area contributed by atoms with Crippen molar-refractivity contribution in [2.45, 2.75) is 0 Å². The molecule has 0 amide bonds. The average molecular weight is 189 g/mol. The number of hydrogen-bond acceptors (Lipinski definition) is 3. The van der Waals surface area contributed by atoms with Gasteiger partial charge in [-0.05, 0) is 12.1 Å². The van der Waals surface area contributed by atoms with E-state index in [-0.39, 0.29) is 5.69 Å². The maximum absolute atomic E-state index is 10.6.